The van der Waals surface area contributed by atoms with Crippen LogP contribution in [-0.2, 0) is 45.1 Å². The molecule has 15 heteroatoms. The molecule has 1 aromatic heterocycles. The van der Waals surface area contributed by atoms with Crippen LogP contribution in [0.5, 0.6) is 17.2 Å². The molecule has 3 amide bonds. The summed E-state index contributed by atoms with van der Waals surface area (Å²) in [6, 6.07) is 25.7. The van der Waals surface area contributed by atoms with Gasteiger partial charge in [0.25, 0.3) is 6.47 Å². The van der Waals surface area contributed by atoms with Crippen molar-refractivity contribution < 1.29 is 43.2 Å². The SMILES string of the molecule is Cc1nccc(-c2ccc(CCNC(=O)C3Cc4cc5c(cc4CN3C(=O)[C@H]3CCCN3C(=O)OC(C)(C)C)OC(c3ccc(OCc4ccc(Cl)c(Cl)c4)cc3)CO5)cc2)c1C.O=CO. The number of ether oxygens (including phenoxy) is 4. The molecule has 0 radical (unpaired) electrons. The molecule has 3 atom stereocenters. The minimum Gasteiger partial charge on any atom is -0.489 e. The van der Waals surface area contributed by atoms with E-state index < -0.39 is 23.8 Å². The van der Waals surface area contributed by atoms with Crippen molar-refractivity contribution in [2.45, 2.75) is 97.2 Å². The summed E-state index contributed by atoms with van der Waals surface area (Å²) in [6.45, 7) is 10.8. The van der Waals surface area contributed by atoms with Crippen LogP contribution in [0.4, 0.5) is 4.79 Å². The highest BCUT2D eigenvalue weighted by molar-refractivity contribution is 6.42. The van der Waals surface area contributed by atoms with Crippen molar-refractivity contribution in [1.29, 1.82) is 0 Å². The lowest BCUT2D eigenvalue weighted by Gasteiger charge is -2.39. The lowest BCUT2D eigenvalue weighted by molar-refractivity contribution is -0.145. The zero-order valence-electron chi connectivity index (χ0n) is 37.6. The van der Waals surface area contributed by atoms with Crippen LogP contribution in [0.25, 0.3) is 11.1 Å². The maximum atomic E-state index is 14.6. The Morgan fingerprint density at radius 2 is 1.61 bits per heavy atom. The Balaban J connectivity index is 0.00000210. The molecule has 1 saturated heterocycles. The molecule has 0 bridgehead atoms. The van der Waals surface area contributed by atoms with E-state index in [2.05, 4.69) is 41.5 Å². The summed E-state index contributed by atoms with van der Waals surface area (Å²) in [5.74, 6) is 1.28. The lowest BCUT2D eigenvalue weighted by Crippen LogP contribution is -2.57. The van der Waals surface area contributed by atoms with Gasteiger partial charge in [0.1, 0.15) is 36.6 Å². The number of nitrogens with zero attached hydrogens (tertiary/aromatic N) is 3. The molecule has 1 fully saturated rings. The first-order chi connectivity index (χ1) is 31.6. The molecule has 66 heavy (non-hydrogen) atoms. The zero-order valence-corrected chi connectivity index (χ0v) is 39.2. The molecule has 13 nitrogen and oxygen atoms in total. The molecule has 0 aliphatic carbocycles. The van der Waals surface area contributed by atoms with E-state index in [-0.39, 0.29) is 44.0 Å². The van der Waals surface area contributed by atoms with E-state index in [1.54, 1.807) is 37.8 Å². The highest BCUT2D eigenvalue weighted by Gasteiger charge is 2.44. The Hall–Kier alpha value is -6.31. The molecule has 0 saturated carbocycles. The predicted octanol–water partition coefficient (Wildman–Crippen LogP) is 9.48. The van der Waals surface area contributed by atoms with Crippen LogP contribution in [0.1, 0.15) is 78.8 Å². The Morgan fingerprint density at radius 1 is 0.894 bits per heavy atom. The van der Waals surface area contributed by atoms with Crippen LogP contribution >= 0.6 is 23.2 Å². The van der Waals surface area contributed by atoms with Gasteiger partial charge in [-0.05, 0) is 141 Å². The predicted molar refractivity (Wildman–Crippen MR) is 251 cm³/mol. The van der Waals surface area contributed by atoms with Crippen molar-refractivity contribution in [3.63, 3.8) is 0 Å². The average molecular weight is 938 g/mol. The molecular formula is C51H54Cl2N4O9. The number of aryl methyl sites for hydroxylation is 1. The van der Waals surface area contributed by atoms with Gasteiger partial charge in [-0.25, -0.2) is 4.79 Å². The third-order valence-electron chi connectivity index (χ3n) is 11.9. The molecule has 8 rings (SSSR count). The van der Waals surface area contributed by atoms with E-state index >= 15 is 0 Å². The van der Waals surface area contributed by atoms with E-state index in [9.17, 15) is 14.4 Å². The molecule has 0 spiro atoms. The fraction of sp³-hybridized carbons (Fsp3) is 0.353. The van der Waals surface area contributed by atoms with Gasteiger partial charge < -0.3 is 34.3 Å². The second kappa shape index (κ2) is 20.9. The van der Waals surface area contributed by atoms with Crippen molar-refractivity contribution in [2.24, 2.45) is 0 Å². The normalized spacial score (nSPS) is 17.5. The summed E-state index contributed by atoms with van der Waals surface area (Å²) in [7, 11) is 0. The second-order valence-corrected chi connectivity index (χ2v) is 18.3. The summed E-state index contributed by atoms with van der Waals surface area (Å²) in [4.78, 5) is 58.0. The van der Waals surface area contributed by atoms with Crippen LogP contribution in [0, 0.1) is 13.8 Å². The van der Waals surface area contributed by atoms with Crippen LogP contribution in [0.2, 0.25) is 10.0 Å². The fourth-order valence-electron chi connectivity index (χ4n) is 8.36. The average Bonchev–Trinajstić information content (AvgIpc) is 3.80. The number of likely N-dealkylation sites (tertiary alicyclic amines) is 1. The number of benzene rings is 4. The zero-order chi connectivity index (χ0) is 47.1. The van der Waals surface area contributed by atoms with Gasteiger partial charge in [-0.1, -0.05) is 65.7 Å². The Kier molecular flexibility index (Phi) is 15.1. The number of halogens is 2. The lowest BCUT2D eigenvalue weighted by atomic mass is 9.91. The number of fused-ring (bicyclic) bond motifs is 2. The third kappa shape index (κ3) is 11.4. The summed E-state index contributed by atoms with van der Waals surface area (Å²) in [5.41, 5.74) is 8.31. The number of hydrogen-bond acceptors (Lipinski definition) is 9. The number of aromatic nitrogens is 1. The molecule has 4 heterocycles. The number of rotatable bonds is 10. The second-order valence-electron chi connectivity index (χ2n) is 17.5. The number of carbonyl (C=O) groups is 4. The molecule has 4 aromatic carbocycles. The molecule has 3 aliphatic rings. The standard InChI is InChI=1S/C50H52Cl2N4O7.CH2O2/c1-30-31(2)53-21-19-39(30)34-11-8-32(9-12-34)18-20-54-47(57)43-24-36-25-44-45(26-37(36)27-56(43)48(58)42-7-6-22-55(42)49(59)63-50(3,4)5)62-46(29-61-44)35-13-15-38(16-14-35)60-28-33-10-17-40(51)41(52)23-33;2-1-3/h8-17,19,21,23,25-26,42-43,46H,6-7,18,20,22,24,27-29H2,1-5H3,(H,54,57);1H,(H,2,3)/t42-,43?,46?;/m1./s1. The number of amides is 3. The number of hydrogen-bond donors (Lipinski definition) is 2. The van der Waals surface area contributed by atoms with Crippen molar-refractivity contribution in [3.05, 3.63) is 140 Å². The van der Waals surface area contributed by atoms with Crippen LogP contribution < -0.4 is 19.5 Å². The van der Waals surface area contributed by atoms with Crippen LogP contribution in [0.3, 0.4) is 0 Å². The van der Waals surface area contributed by atoms with Gasteiger partial charge in [0.2, 0.25) is 11.8 Å². The Labute approximate surface area is 394 Å². The molecular weight excluding hydrogens is 883 g/mol. The molecule has 5 aromatic rings. The minimum absolute atomic E-state index is 0.159. The highest BCUT2D eigenvalue weighted by Crippen LogP contribution is 2.41. The molecule has 2 N–H and O–H groups in total. The monoisotopic (exact) mass is 936 g/mol. The summed E-state index contributed by atoms with van der Waals surface area (Å²) >= 11 is 12.2. The quantitative estimate of drug-likeness (QED) is 0.129. The van der Waals surface area contributed by atoms with Crippen LogP contribution in [0.15, 0.2) is 91.1 Å². The molecule has 2 unspecified atom stereocenters. The Morgan fingerprint density at radius 3 is 2.32 bits per heavy atom. The highest BCUT2D eigenvalue weighted by atomic mass is 35.5. The van der Waals surface area contributed by atoms with Gasteiger partial charge >= 0.3 is 6.09 Å². The van der Waals surface area contributed by atoms with Gasteiger partial charge in [-0.3, -0.25) is 24.3 Å². The van der Waals surface area contributed by atoms with Gasteiger partial charge in [0, 0.05) is 37.9 Å². The Bertz CT molecular complexity index is 2560. The van der Waals surface area contributed by atoms with E-state index in [1.807, 2.05) is 61.7 Å². The van der Waals surface area contributed by atoms with Gasteiger partial charge in [-0.15, -0.1) is 0 Å². The first-order valence-corrected chi connectivity index (χ1v) is 22.7. The number of pyridine rings is 1. The number of nitrogens with one attached hydrogen (secondary N) is 1. The van der Waals surface area contributed by atoms with Crippen LogP contribution in [-0.4, -0.2) is 81.7 Å². The summed E-state index contributed by atoms with van der Waals surface area (Å²) < 4.78 is 24.5. The van der Waals surface area contributed by atoms with E-state index in [1.165, 1.54) is 4.90 Å². The third-order valence-corrected chi connectivity index (χ3v) is 12.6. The number of carboxylic acid groups (broad SMARTS) is 1. The van der Waals surface area contributed by atoms with Crippen molar-refractivity contribution >= 4 is 47.6 Å². The van der Waals surface area contributed by atoms with Gasteiger partial charge in [0.05, 0.1) is 10.0 Å². The fourth-order valence-corrected chi connectivity index (χ4v) is 8.68. The first kappa shape index (κ1) is 47.6. The smallest absolute Gasteiger partial charge is 0.410 e. The minimum atomic E-state index is -0.806. The maximum Gasteiger partial charge on any atom is 0.410 e. The summed E-state index contributed by atoms with van der Waals surface area (Å²) in [6.07, 6.45) is 2.92. The largest absolute Gasteiger partial charge is 0.489 e. The van der Waals surface area contributed by atoms with E-state index in [4.69, 9.17) is 52.1 Å². The topological polar surface area (TPSA) is 157 Å². The maximum absolute atomic E-state index is 14.6. The van der Waals surface area contributed by atoms with Gasteiger partial charge in [0.15, 0.2) is 17.6 Å². The van der Waals surface area contributed by atoms with Crippen molar-refractivity contribution in [2.75, 3.05) is 19.7 Å². The van der Waals surface area contributed by atoms with Gasteiger partial charge in [-0.2, -0.15) is 0 Å². The summed E-state index contributed by atoms with van der Waals surface area (Å²) in [5, 5.41) is 11.0. The van der Waals surface area contributed by atoms with Crippen molar-refractivity contribution in [3.8, 4) is 28.4 Å². The van der Waals surface area contributed by atoms with E-state index in [0.717, 1.165) is 50.2 Å². The van der Waals surface area contributed by atoms with E-state index in [0.29, 0.717) is 66.3 Å². The number of carbonyl (C=O) groups excluding carboxylic acids is 3. The molecule has 346 valence electrons. The first-order valence-electron chi connectivity index (χ1n) is 21.9. The molecule has 3 aliphatic heterocycles. The van der Waals surface area contributed by atoms with Crippen molar-refractivity contribution in [1.82, 2.24) is 20.1 Å².